The first-order chi connectivity index (χ1) is 16.0. The maximum Gasteiger partial charge on any atom is 0.229 e. The highest BCUT2D eigenvalue weighted by Crippen LogP contribution is 2.29. The molecule has 9 heteroatoms. The standard InChI is InChI=1S/C24H22Cl2N6O/c1-31-14-20(18-7-2-15(25)12-21(18)26)22(33)19-13-28-24(30-23(19)31)29-16-3-5-17(6-4-16)32-10-8-27-9-11-32/h2-7,12-14,27H,8-11H2,1H3,(H,28,29,30). The second-order valence-electron chi connectivity index (χ2n) is 7.95. The molecule has 1 saturated heterocycles. The van der Waals surface area contributed by atoms with Crippen LogP contribution in [0.2, 0.25) is 10.0 Å². The van der Waals surface area contributed by atoms with Gasteiger partial charge in [0.05, 0.1) is 10.4 Å². The number of piperazine rings is 1. The third kappa shape index (κ3) is 4.39. The Morgan fingerprint density at radius 1 is 1.03 bits per heavy atom. The lowest BCUT2D eigenvalue weighted by Gasteiger charge is -2.29. The van der Waals surface area contributed by atoms with Crippen molar-refractivity contribution in [1.29, 1.82) is 0 Å². The highest BCUT2D eigenvalue weighted by atomic mass is 35.5. The predicted molar refractivity (Wildman–Crippen MR) is 135 cm³/mol. The van der Waals surface area contributed by atoms with Crippen molar-refractivity contribution < 1.29 is 0 Å². The van der Waals surface area contributed by atoms with E-state index in [2.05, 4.69) is 37.6 Å². The van der Waals surface area contributed by atoms with E-state index in [1.165, 1.54) is 5.69 Å². The Morgan fingerprint density at radius 3 is 2.52 bits per heavy atom. The van der Waals surface area contributed by atoms with Gasteiger partial charge in [-0.05, 0) is 36.4 Å². The summed E-state index contributed by atoms with van der Waals surface area (Å²) in [5, 5.41) is 7.94. The van der Waals surface area contributed by atoms with Gasteiger partial charge in [-0.2, -0.15) is 4.98 Å². The molecule has 2 aromatic carbocycles. The van der Waals surface area contributed by atoms with E-state index in [-0.39, 0.29) is 5.43 Å². The van der Waals surface area contributed by atoms with Crippen LogP contribution in [0.4, 0.5) is 17.3 Å². The van der Waals surface area contributed by atoms with Gasteiger partial charge in [-0.3, -0.25) is 4.79 Å². The molecule has 1 aliphatic heterocycles. The maximum absolute atomic E-state index is 13.2. The van der Waals surface area contributed by atoms with Gasteiger partial charge in [0.25, 0.3) is 0 Å². The molecule has 0 amide bonds. The van der Waals surface area contributed by atoms with Crippen LogP contribution in [0.3, 0.4) is 0 Å². The molecule has 1 aliphatic rings. The summed E-state index contributed by atoms with van der Waals surface area (Å²) in [6.07, 6.45) is 3.29. The fourth-order valence-corrected chi connectivity index (χ4v) is 4.54. The summed E-state index contributed by atoms with van der Waals surface area (Å²) in [5.41, 5.74) is 3.51. The van der Waals surface area contributed by atoms with Gasteiger partial charge in [-0.15, -0.1) is 0 Å². The van der Waals surface area contributed by atoms with Crippen LogP contribution in [-0.2, 0) is 7.05 Å². The summed E-state index contributed by atoms with van der Waals surface area (Å²) in [6.45, 7) is 3.99. The topological polar surface area (TPSA) is 75.1 Å². The van der Waals surface area contributed by atoms with E-state index in [1.807, 2.05) is 19.2 Å². The fourth-order valence-electron chi connectivity index (χ4n) is 4.03. The Bertz CT molecular complexity index is 1380. The van der Waals surface area contributed by atoms with Crippen LogP contribution in [0, 0.1) is 0 Å². The normalized spacial score (nSPS) is 14.0. The van der Waals surface area contributed by atoms with E-state index < -0.39 is 0 Å². The maximum atomic E-state index is 13.2. The van der Waals surface area contributed by atoms with E-state index in [9.17, 15) is 4.79 Å². The molecule has 33 heavy (non-hydrogen) atoms. The average Bonchev–Trinajstić information content (AvgIpc) is 2.83. The number of hydrogen-bond acceptors (Lipinski definition) is 6. The molecule has 0 bridgehead atoms. The number of pyridine rings is 1. The number of halogens is 2. The van der Waals surface area contributed by atoms with E-state index in [0.717, 1.165) is 31.9 Å². The van der Waals surface area contributed by atoms with E-state index in [1.54, 1.807) is 35.2 Å². The quantitative estimate of drug-likeness (QED) is 0.449. The molecular weight excluding hydrogens is 459 g/mol. The molecular formula is C24H22Cl2N6O. The van der Waals surface area contributed by atoms with E-state index in [0.29, 0.717) is 38.2 Å². The Hall–Kier alpha value is -3.13. The van der Waals surface area contributed by atoms with Crippen molar-refractivity contribution in [3.8, 4) is 11.1 Å². The number of nitrogens with one attached hydrogen (secondary N) is 2. The molecule has 1 fully saturated rings. The van der Waals surface area contributed by atoms with Gasteiger partial charge < -0.3 is 20.1 Å². The summed E-state index contributed by atoms with van der Waals surface area (Å²) < 4.78 is 1.80. The number of aromatic nitrogens is 3. The third-order valence-electron chi connectivity index (χ3n) is 5.74. The van der Waals surface area contributed by atoms with Crippen molar-refractivity contribution in [2.45, 2.75) is 0 Å². The predicted octanol–water partition coefficient (Wildman–Crippen LogP) is 4.46. The Balaban J connectivity index is 1.44. The third-order valence-corrected chi connectivity index (χ3v) is 6.29. The second-order valence-corrected chi connectivity index (χ2v) is 8.79. The molecule has 0 radical (unpaired) electrons. The highest BCUT2D eigenvalue weighted by Gasteiger charge is 2.15. The molecule has 0 aliphatic carbocycles. The molecule has 2 aromatic heterocycles. The number of fused-ring (bicyclic) bond motifs is 1. The largest absolute Gasteiger partial charge is 0.369 e. The number of hydrogen-bond donors (Lipinski definition) is 2. The zero-order chi connectivity index (χ0) is 22.9. The summed E-state index contributed by atoms with van der Waals surface area (Å²) in [5.74, 6) is 0.421. The fraction of sp³-hybridized carbons (Fsp3) is 0.208. The number of nitrogens with zero attached hydrogens (tertiary/aromatic N) is 4. The zero-order valence-electron chi connectivity index (χ0n) is 18.0. The minimum atomic E-state index is -0.181. The molecule has 0 unspecified atom stereocenters. The van der Waals surface area contributed by atoms with E-state index in [4.69, 9.17) is 23.2 Å². The van der Waals surface area contributed by atoms with Crippen molar-refractivity contribution in [2.24, 2.45) is 7.05 Å². The Morgan fingerprint density at radius 2 is 1.79 bits per heavy atom. The number of benzene rings is 2. The number of anilines is 3. The van der Waals surface area contributed by atoms with Gasteiger partial charge in [-0.1, -0.05) is 29.3 Å². The van der Waals surface area contributed by atoms with Crippen molar-refractivity contribution in [3.63, 3.8) is 0 Å². The van der Waals surface area contributed by atoms with Gasteiger partial charge in [-0.25, -0.2) is 4.98 Å². The molecule has 4 aromatic rings. The van der Waals surface area contributed by atoms with Crippen molar-refractivity contribution >= 4 is 51.6 Å². The monoisotopic (exact) mass is 480 g/mol. The Kier molecular flexibility index (Phi) is 5.93. The van der Waals surface area contributed by atoms with Crippen LogP contribution < -0.4 is 21.0 Å². The molecule has 0 spiro atoms. The van der Waals surface area contributed by atoms with Crippen molar-refractivity contribution in [2.75, 3.05) is 36.4 Å². The summed E-state index contributed by atoms with van der Waals surface area (Å²) in [4.78, 5) is 24.5. The molecule has 0 saturated carbocycles. The van der Waals surface area contributed by atoms with Gasteiger partial charge in [0.15, 0.2) is 5.43 Å². The molecule has 3 heterocycles. The molecule has 168 valence electrons. The second kappa shape index (κ2) is 9.02. The van der Waals surface area contributed by atoms with Crippen molar-refractivity contribution in [3.05, 3.63) is 75.1 Å². The summed E-state index contributed by atoms with van der Waals surface area (Å²) >= 11 is 12.3. The zero-order valence-corrected chi connectivity index (χ0v) is 19.5. The summed E-state index contributed by atoms with van der Waals surface area (Å²) in [7, 11) is 1.84. The molecule has 7 nitrogen and oxygen atoms in total. The van der Waals surface area contributed by atoms with Crippen LogP contribution >= 0.6 is 23.2 Å². The van der Waals surface area contributed by atoms with E-state index >= 15 is 0 Å². The van der Waals surface area contributed by atoms with Crippen LogP contribution in [0.1, 0.15) is 0 Å². The first-order valence-corrected chi connectivity index (χ1v) is 11.4. The lowest BCUT2D eigenvalue weighted by Crippen LogP contribution is -2.43. The minimum absolute atomic E-state index is 0.181. The lowest BCUT2D eigenvalue weighted by molar-refractivity contribution is 0.589. The van der Waals surface area contributed by atoms with Gasteiger partial charge in [0.1, 0.15) is 5.65 Å². The lowest BCUT2D eigenvalue weighted by atomic mass is 10.1. The van der Waals surface area contributed by atoms with Gasteiger partial charge in [0.2, 0.25) is 5.95 Å². The summed E-state index contributed by atoms with van der Waals surface area (Å²) in [6, 6.07) is 13.3. The average molecular weight is 481 g/mol. The van der Waals surface area contributed by atoms with Crippen LogP contribution in [-0.4, -0.2) is 40.7 Å². The number of rotatable bonds is 4. The number of aryl methyl sites for hydroxylation is 1. The minimum Gasteiger partial charge on any atom is -0.369 e. The first-order valence-electron chi connectivity index (χ1n) is 10.6. The first kappa shape index (κ1) is 21.7. The van der Waals surface area contributed by atoms with Crippen LogP contribution in [0.15, 0.2) is 59.7 Å². The SMILES string of the molecule is Cn1cc(-c2ccc(Cl)cc2Cl)c(=O)c2cnc(Nc3ccc(N4CCNCC4)cc3)nc21. The van der Waals surface area contributed by atoms with Gasteiger partial charge >= 0.3 is 0 Å². The molecule has 0 atom stereocenters. The van der Waals surface area contributed by atoms with Crippen LogP contribution in [0.25, 0.3) is 22.2 Å². The smallest absolute Gasteiger partial charge is 0.229 e. The molecule has 5 rings (SSSR count). The van der Waals surface area contributed by atoms with Gasteiger partial charge in [0, 0.05) is 73.1 Å². The van der Waals surface area contributed by atoms with Crippen molar-refractivity contribution in [1.82, 2.24) is 19.9 Å². The Labute approximate surface area is 201 Å². The van der Waals surface area contributed by atoms with Crippen LogP contribution in [0.5, 0.6) is 0 Å². The highest BCUT2D eigenvalue weighted by molar-refractivity contribution is 6.36. The molecule has 2 N–H and O–H groups in total.